The molecule has 8 atom stereocenters. The first kappa shape index (κ1) is 46.1. The molecular weight excluding hydrogens is 801 g/mol. The lowest BCUT2D eigenvalue weighted by atomic mass is 9.64. The minimum atomic E-state index is -2.07. The molecule has 1 aromatic carbocycles. The molecule has 334 valence electrons. The zero-order valence-corrected chi connectivity index (χ0v) is 37.7. The lowest BCUT2D eigenvalue weighted by Gasteiger charge is -2.47. The van der Waals surface area contributed by atoms with Gasteiger partial charge in [0.15, 0.2) is 8.32 Å². The van der Waals surface area contributed by atoms with Crippen molar-refractivity contribution in [2.24, 2.45) is 23.7 Å². The summed E-state index contributed by atoms with van der Waals surface area (Å²) in [5.41, 5.74) is 1.98. The van der Waals surface area contributed by atoms with Crippen LogP contribution in [0.2, 0.25) is 18.1 Å². The normalized spacial score (nSPS) is 27.9. The number of carboxylic acid groups (broad SMARTS) is 1. The molecule has 3 heterocycles. The summed E-state index contributed by atoms with van der Waals surface area (Å²) in [5.74, 6) is -1.88. The highest BCUT2D eigenvalue weighted by molar-refractivity contribution is 6.74. The van der Waals surface area contributed by atoms with E-state index >= 15 is 0 Å². The maximum absolute atomic E-state index is 13.4. The van der Waals surface area contributed by atoms with Crippen LogP contribution in [0.25, 0.3) is 0 Å². The number of esters is 1. The van der Waals surface area contributed by atoms with E-state index in [1.54, 1.807) is 23.1 Å². The smallest absolute Gasteiger partial charge is 0.407 e. The predicted molar refractivity (Wildman–Crippen MR) is 229 cm³/mol. The van der Waals surface area contributed by atoms with Crippen molar-refractivity contribution in [2.75, 3.05) is 44.8 Å². The molecule has 15 nitrogen and oxygen atoms in total. The number of carbonyl (C=O) groups is 6. The summed E-state index contributed by atoms with van der Waals surface area (Å²) in [6.45, 7) is 16.8. The monoisotopic (exact) mass is 864 g/mol. The maximum atomic E-state index is 13.4. The van der Waals surface area contributed by atoms with E-state index in [0.717, 1.165) is 11.3 Å². The molecule has 61 heavy (non-hydrogen) atoms. The second-order valence-corrected chi connectivity index (χ2v) is 23.5. The molecule has 0 bridgehead atoms. The first-order valence-electron chi connectivity index (χ1n) is 21.9. The highest BCUT2D eigenvalue weighted by Crippen LogP contribution is 2.46. The zero-order chi connectivity index (χ0) is 44.2. The Hall–Kier alpha value is -4.38. The SMILES string of the molecule is C[C@H]1C=C2C=C[C@H](C)[C@H](CC[C@@H]3C[C@@H](O[Si](C)(C)C(C)(C)C)CC(=O)O3)[C@H]2[C@@H](N(CCOCCOCCNc2cccc3c2C(=O)N(C2CCC(=O)NC2=O)C3=O)C(=O)O)C1. The van der Waals surface area contributed by atoms with Crippen molar-refractivity contribution in [3.05, 3.63) is 53.1 Å². The highest BCUT2D eigenvalue weighted by atomic mass is 28.4. The predicted octanol–water partition coefficient (Wildman–Crippen LogP) is 6.16. The van der Waals surface area contributed by atoms with Crippen LogP contribution in [-0.2, 0) is 33.0 Å². The van der Waals surface area contributed by atoms with Crippen LogP contribution < -0.4 is 10.6 Å². The van der Waals surface area contributed by atoms with E-state index < -0.39 is 44.1 Å². The molecule has 0 spiro atoms. The maximum Gasteiger partial charge on any atom is 0.407 e. The van der Waals surface area contributed by atoms with Crippen LogP contribution in [0.1, 0.15) is 100 Å². The van der Waals surface area contributed by atoms with Gasteiger partial charge in [-0.25, -0.2) is 4.79 Å². The lowest BCUT2D eigenvalue weighted by molar-refractivity contribution is -0.160. The lowest BCUT2D eigenvalue weighted by Crippen LogP contribution is -2.54. The topological polar surface area (TPSA) is 190 Å². The molecular formula is C45H64N4O11Si. The molecule has 2 saturated heterocycles. The summed E-state index contributed by atoms with van der Waals surface area (Å²) in [6.07, 6.45) is 8.56. The van der Waals surface area contributed by atoms with Gasteiger partial charge in [-0.1, -0.05) is 58.9 Å². The number of nitrogens with zero attached hydrogens (tertiary/aromatic N) is 2. The largest absolute Gasteiger partial charge is 0.465 e. The second kappa shape index (κ2) is 19.3. The zero-order valence-electron chi connectivity index (χ0n) is 36.7. The number of hydrogen-bond acceptors (Lipinski definition) is 11. The third-order valence-electron chi connectivity index (χ3n) is 13.5. The Balaban J connectivity index is 0.972. The van der Waals surface area contributed by atoms with Gasteiger partial charge in [-0.05, 0) is 79.3 Å². The molecule has 5 amide bonds. The molecule has 5 aliphatic rings. The molecule has 6 rings (SSSR count). The number of carbonyl (C=O) groups excluding carboxylic acids is 5. The number of benzene rings is 1. The van der Waals surface area contributed by atoms with E-state index in [4.69, 9.17) is 18.6 Å². The molecule has 1 aromatic rings. The van der Waals surface area contributed by atoms with Gasteiger partial charge in [0.1, 0.15) is 12.1 Å². The van der Waals surface area contributed by atoms with Crippen LogP contribution in [0, 0.1) is 23.7 Å². The van der Waals surface area contributed by atoms with Gasteiger partial charge in [0, 0.05) is 43.6 Å². The van der Waals surface area contributed by atoms with Gasteiger partial charge in [0.05, 0.1) is 50.1 Å². The fraction of sp³-hybridized carbons (Fsp3) is 0.644. The van der Waals surface area contributed by atoms with Crippen LogP contribution in [-0.4, -0.2) is 123 Å². The fourth-order valence-corrected chi connectivity index (χ4v) is 10.7. The van der Waals surface area contributed by atoms with Crippen LogP contribution in [0.15, 0.2) is 42.0 Å². The van der Waals surface area contributed by atoms with Crippen molar-refractivity contribution in [2.45, 2.75) is 122 Å². The molecule has 0 aromatic heterocycles. The van der Waals surface area contributed by atoms with Crippen LogP contribution in [0.5, 0.6) is 0 Å². The third-order valence-corrected chi connectivity index (χ3v) is 18.0. The van der Waals surface area contributed by atoms with Gasteiger partial charge in [-0.2, -0.15) is 0 Å². The molecule has 3 N–H and O–H groups in total. The summed E-state index contributed by atoms with van der Waals surface area (Å²) >= 11 is 0. The average Bonchev–Trinajstić information content (AvgIpc) is 3.43. The molecule has 16 heteroatoms. The standard InChI is InChI=1S/C45H64N4O11Si/c1-27-23-29-12-11-28(2)32(14-13-30-25-31(26-38(51)59-30)60-61(6,7)45(3,4)5)39(29)36(24-27)48(44(55)56)18-20-58-22-21-57-19-17-46-34-10-8-9-33-40(34)43(54)49(42(33)53)35-15-16-37(50)47-41(35)52/h8-12,23,27-28,30-32,35-36,39,46H,13-22,24-26H2,1-7H3,(H,55,56)(H,47,50,52)/t27-,28-,30+,31+,32-,35?,36-,39-/m0/s1. The number of fused-ring (bicyclic) bond motifs is 2. The molecule has 0 saturated carbocycles. The van der Waals surface area contributed by atoms with Crippen LogP contribution in [0.3, 0.4) is 0 Å². The fourth-order valence-electron chi connectivity index (χ4n) is 9.34. The Labute approximate surface area is 360 Å². The highest BCUT2D eigenvalue weighted by Gasteiger charge is 2.47. The second-order valence-electron chi connectivity index (χ2n) is 18.8. The minimum Gasteiger partial charge on any atom is -0.465 e. The number of cyclic esters (lactones) is 1. The minimum absolute atomic E-state index is 0.00136. The number of allylic oxidation sites excluding steroid dienone is 3. The van der Waals surface area contributed by atoms with E-state index in [1.165, 1.54) is 5.57 Å². The summed E-state index contributed by atoms with van der Waals surface area (Å²) in [6, 6.07) is 3.60. The number of anilines is 1. The first-order chi connectivity index (χ1) is 28.9. The number of ether oxygens (including phenoxy) is 3. The Bertz CT molecular complexity index is 1910. The summed E-state index contributed by atoms with van der Waals surface area (Å²) in [5, 5.41) is 15.9. The molecule has 0 radical (unpaired) electrons. The van der Waals surface area contributed by atoms with Crippen molar-refractivity contribution in [3.8, 4) is 0 Å². The average molecular weight is 865 g/mol. The summed E-state index contributed by atoms with van der Waals surface area (Å²) < 4.78 is 24.2. The van der Waals surface area contributed by atoms with Gasteiger partial charge in [-0.3, -0.25) is 34.2 Å². The van der Waals surface area contributed by atoms with Gasteiger partial charge in [0.25, 0.3) is 11.8 Å². The Morgan fingerprint density at radius 3 is 2.46 bits per heavy atom. The Morgan fingerprint density at radius 1 is 1.02 bits per heavy atom. The number of rotatable bonds is 17. The number of piperidine rings is 1. The van der Waals surface area contributed by atoms with Gasteiger partial charge in [0.2, 0.25) is 11.8 Å². The molecule has 2 aliphatic carbocycles. The summed E-state index contributed by atoms with van der Waals surface area (Å²) in [7, 11) is -2.07. The Kier molecular flexibility index (Phi) is 14.6. The van der Waals surface area contributed by atoms with Crippen LogP contribution >= 0.6 is 0 Å². The Morgan fingerprint density at radius 2 is 1.75 bits per heavy atom. The van der Waals surface area contributed by atoms with E-state index in [1.807, 2.05) is 0 Å². The first-order valence-corrected chi connectivity index (χ1v) is 24.8. The number of hydrogen-bond donors (Lipinski definition) is 3. The van der Waals surface area contributed by atoms with E-state index in [2.05, 4.69) is 76.6 Å². The number of nitrogens with one attached hydrogen (secondary N) is 2. The molecule has 1 unspecified atom stereocenters. The van der Waals surface area contributed by atoms with Gasteiger partial charge < -0.3 is 34.0 Å². The quantitative estimate of drug-likeness (QED) is 0.0701. The number of amides is 5. The molecule has 3 aliphatic heterocycles. The van der Waals surface area contributed by atoms with Crippen molar-refractivity contribution < 1.29 is 52.5 Å². The van der Waals surface area contributed by atoms with Crippen LogP contribution in [0.4, 0.5) is 10.5 Å². The summed E-state index contributed by atoms with van der Waals surface area (Å²) in [4.78, 5) is 78.7. The van der Waals surface area contributed by atoms with E-state index in [9.17, 15) is 33.9 Å². The molecule has 2 fully saturated rings. The van der Waals surface area contributed by atoms with Crippen molar-refractivity contribution >= 4 is 49.7 Å². The van der Waals surface area contributed by atoms with Crippen molar-refractivity contribution in [1.29, 1.82) is 0 Å². The van der Waals surface area contributed by atoms with Crippen molar-refractivity contribution in [3.63, 3.8) is 0 Å². The number of imide groups is 2. The van der Waals surface area contributed by atoms with E-state index in [-0.39, 0.29) is 116 Å². The van der Waals surface area contributed by atoms with Gasteiger partial charge >= 0.3 is 12.1 Å². The van der Waals surface area contributed by atoms with E-state index in [0.29, 0.717) is 31.5 Å². The third kappa shape index (κ3) is 10.6. The van der Waals surface area contributed by atoms with Crippen molar-refractivity contribution in [1.82, 2.24) is 15.1 Å². The van der Waals surface area contributed by atoms with Gasteiger partial charge in [-0.15, -0.1) is 0 Å².